The number of esters is 1. The van der Waals surface area contributed by atoms with Crippen molar-refractivity contribution in [2.24, 2.45) is 0 Å². The fourth-order valence-electron chi connectivity index (χ4n) is 3.80. The van der Waals surface area contributed by atoms with Crippen LogP contribution in [0.3, 0.4) is 0 Å². The predicted octanol–water partition coefficient (Wildman–Crippen LogP) is 3.92. The van der Waals surface area contributed by atoms with Gasteiger partial charge in [0.2, 0.25) is 0 Å². The van der Waals surface area contributed by atoms with E-state index in [-0.39, 0.29) is 11.3 Å². The summed E-state index contributed by atoms with van der Waals surface area (Å²) in [6, 6.07) is 8.07. The highest BCUT2D eigenvalue weighted by molar-refractivity contribution is 5.99. The van der Waals surface area contributed by atoms with Gasteiger partial charge in [-0.3, -0.25) is 14.9 Å². The number of carbonyl (C=O) groups excluding carboxylic acids is 2. The van der Waals surface area contributed by atoms with E-state index in [0.717, 1.165) is 42.6 Å². The highest BCUT2D eigenvalue weighted by Gasteiger charge is 2.24. The van der Waals surface area contributed by atoms with Crippen LogP contribution in [0.4, 0.5) is 17.1 Å². The van der Waals surface area contributed by atoms with Crippen molar-refractivity contribution in [1.82, 2.24) is 0 Å². The van der Waals surface area contributed by atoms with Crippen molar-refractivity contribution in [3.05, 3.63) is 62.7 Å². The summed E-state index contributed by atoms with van der Waals surface area (Å²) < 4.78 is 5.20. The van der Waals surface area contributed by atoms with Gasteiger partial charge in [-0.25, -0.2) is 4.79 Å². The molecule has 0 aliphatic carbocycles. The number of nitro benzene ring substituents is 1. The van der Waals surface area contributed by atoms with E-state index < -0.39 is 23.4 Å². The Bertz CT molecular complexity index is 973. The van der Waals surface area contributed by atoms with Crippen LogP contribution in [0.25, 0.3) is 0 Å². The topological polar surface area (TPSA) is 102 Å². The van der Waals surface area contributed by atoms with Gasteiger partial charge in [-0.2, -0.15) is 0 Å². The van der Waals surface area contributed by atoms with Crippen molar-refractivity contribution in [2.75, 3.05) is 29.9 Å². The van der Waals surface area contributed by atoms with Crippen LogP contribution in [-0.2, 0) is 9.53 Å². The third-order valence-corrected chi connectivity index (χ3v) is 5.13. The van der Waals surface area contributed by atoms with E-state index in [4.69, 9.17) is 4.74 Å². The summed E-state index contributed by atoms with van der Waals surface area (Å²) in [5.41, 5.74) is 4.12. The highest BCUT2D eigenvalue weighted by Crippen LogP contribution is 2.29. The number of nitrogens with zero attached hydrogens (tertiary/aromatic N) is 2. The molecule has 3 rings (SSSR count). The molecule has 1 aliphatic rings. The number of nitrogens with one attached hydrogen (secondary N) is 1. The largest absolute Gasteiger partial charge is 0.452 e. The minimum absolute atomic E-state index is 0.0987. The van der Waals surface area contributed by atoms with E-state index in [2.05, 4.69) is 5.32 Å². The van der Waals surface area contributed by atoms with Gasteiger partial charge in [0, 0.05) is 30.9 Å². The van der Waals surface area contributed by atoms with E-state index in [1.165, 1.54) is 12.1 Å². The first-order valence-corrected chi connectivity index (χ1v) is 9.84. The lowest BCUT2D eigenvalue weighted by molar-refractivity contribution is -0.384. The second-order valence-electron chi connectivity index (χ2n) is 7.55. The molecule has 1 heterocycles. The Morgan fingerprint density at radius 2 is 1.73 bits per heavy atom. The maximum atomic E-state index is 12.7. The van der Waals surface area contributed by atoms with Crippen LogP contribution in [0.1, 0.15) is 39.9 Å². The quantitative estimate of drug-likeness (QED) is 0.439. The van der Waals surface area contributed by atoms with Crippen LogP contribution in [-0.4, -0.2) is 36.5 Å². The van der Waals surface area contributed by atoms with Crippen molar-refractivity contribution in [1.29, 1.82) is 0 Å². The zero-order chi connectivity index (χ0) is 21.8. The first-order chi connectivity index (χ1) is 14.3. The molecule has 1 N–H and O–H groups in total. The smallest absolute Gasteiger partial charge is 0.341 e. The van der Waals surface area contributed by atoms with Crippen LogP contribution in [0.2, 0.25) is 0 Å². The number of anilines is 2. The molecule has 2 aromatic rings. The Kier molecular flexibility index (Phi) is 6.34. The maximum absolute atomic E-state index is 12.7. The lowest BCUT2D eigenvalue weighted by Crippen LogP contribution is -2.24. The van der Waals surface area contributed by atoms with Crippen LogP contribution < -0.4 is 10.2 Å². The zero-order valence-corrected chi connectivity index (χ0v) is 17.4. The minimum Gasteiger partial charge on any atom is -0.452 e. The second kappa shape index (κ2) is 8.94. The molecule has 0 aromatic heterocycles. The SMILES string of the molecule is Cc1cc(C)c(NC(=O)COC(=O)c2cc([N+](=O)[O-])ccc2N2CCCC2)c(C)c1. The molecule has 0 atom stereocenters. The number of amides is 1. The van der Waals surface area contributed by atoms with Gasteiger partial charge in [-0.15, -0.1) is 0 Å². The molecule has 0 bridgehead atoms. The average molecular weight is 411 g/mol. The van der Waals surface area contributed by atoms with Gasteiger partial charge < -0.3 is 15.0 Å². The molecule has 0 spiro atoms. The van der Waals surface area contributed by atoms with Gasteiger partial charge in [-0.05, 0) is 50.8 Å². The van der Waals surface area contributed by atoms with E-state index in [1.54, 1.807) is 6.07 Å². The number of non-ortho nitro benzene ring substituents is 1. The number of aryl methyl sites for hydroxylation is 3. The summed E-state index contributed by atoms with van der Waals surface area (Å²) in [7, 11) is 0. The van der Waals surface area contributed by atoms with Crippen molar-refractivity contribution in [2.45, 2.75) is 33.6 Å². The Morgan fingerprint density at radius 1 is 1.10 bits per heavy atom. The van der Waals surface area contributed by atoms with E-state index in [1.807, 2.05) is 37.8 Å². The Labute approximate surface area is 175 Å². The summed E-state index contributed by atoms with van der Waals surface area (Å²) in [5, 5.41) is 13.9. The van der Waals surface area contributed by atoms with E-state index in [9.17, 15) is 19.7 Å². The third-order valence-electron chi connectivity index (χ3n) is 5.13. The fourth-order valence-corrected chi connectivity index (χ4v) is 3.80. The first kappa shape index (κ1) is 21.3. The Balaban J connectivity index is 1.73. The van der Waals surface area contributed by atoms with Crippen LogP contribution in [0.5, 0.6) is 0 Å². The first-order valence-electron chi connectivity index (χ1n) is 9.84. The maximum Gasteiger partial charge on any atom is 0.341 e. The van der Waals surface area contributed by atoms with Gasteiger partial charge in [-0.1, -0.05) is 17.7 Å². The van der Waals surface area contributed by atoms with Crippen molar-refractivity contribution < 1.29 is 19.2 Å². The average Bonchev–Trinajstić information content (AvgIpc) is 3.23. The Hall–Kier alpha value is -3.42. The van der Waals surface area contributed by atoms with Crippen molar-refractivity contribution in [3.63, 3.8) is 0 Å². The normalized spacial score (nSPS) is 13.2. The predicted molar refractivity (Wildman–Crippen MR) is 114 cm³/mol. The number of hydrogen-bond acceptors (Lipinski definition) is 6. The lowest BCUT2D eigenvalue weighted by atomic mass is 10.1. The monoisotopic (exact) mass is 411 g/mol. The van der Waals surface area contributed by atoms with Gasteiger partial charge in [0.1, 0.15) is 0 Å². The van der Waals surface area contributed by atoms with E-state index in [0.29, 0.717) is 11.4 Å². The summed E-state index contributed by atoms with van der Waals surface area (Å²) in [6.45, 7) is 6.83. The molecular formula is C22H25N3O5. The molecule has 0 unspecified atom stereocenters. The summed E-state index contributed by atoms with van der Waals surface area (Å²) >= 11 is 0. The minimum atomic E-state index is -0.756. The number of nitro groups is 1. The molecule has 8 heteroatoms. The van der Waals surface area contributed by atoms with Crippen LogP contribution in [0, 0.1) is 30.9 Å². The molecule has 1 aliphatic heterocycles. The molecule has 8 nitrogen and oxygen atoms in total. The van der Waals surface area contributed by atoms with Crippen LogP contribution in [0.15, 0.2) is 30.3 Å². The highest BCUT2D eigenvalue weighted by atomic mass is 16.6. The molecule has 0 radical (unpaired) electrons. The van der Waals surface area contributed by atoms with Crippen molar-refractivity contribution in [3.8, 4) is 0 Å². The number of rotatable bonds is 6. The standard InChI is InChI=1S/C22H25N3O5/c1-14-10-15(2)21(16(3)11-14)23-20(26)13-30-22(27)18-12-17(25(28)29)6-7-19(18)24-8-4-5-9-24/h6-7,10-12H,4-5,8-9,13H2,1-3H3,(H,23,26). The fraction of sp³-hybridized carbons (Fsp3) is 0.364. The van der Waals surface area contributed by atoms with Gasteiger partial charge in [0.25, 0.3) is 11.6 Å². The number of hydrogen-bond donors (Lipinski definition) is 1. The molecular weight excluding hydrogens is 386 g/mol. The van der Waals surface area contributed by atoms with Gasteiger partial charge in [0.15, 0.2) is 6.61 Å². The van der Waals surface area contributed by atoms with Crippen molar-refractivity contribution >= 4 is 28.9 Å². The zero-order valence-electron chi connectivity index (χ0n) is 17.4. The molecule has 30 heavy (non-hydrogen) atoms. The Morgan fingerprint density at radius 3 is 2.33 bits per heavy atom. The molecule has 1 amide bonds. The number of carbonyl (C=O) groups is 2. The van der Waals surface area contributed by atoms with Gasteiger partial charge in [0.05, 0.1) is 16.2 Å². The van der Waals surface area contributed by atoms with E-state index >= 15 is 0 Å². The summed E-state index contributed by atoms with van der Waals surface area (Å²) in [5.74, 6) is -1.22. The lowest BCUT2D eigenvalue weighted by Gasteiger charge is -2.20. The molecule has 1 saturated heterocycles. The van der Waals surface area contributed by atoms with Crippen LogP contribution >= 0.6 is 0 Å². The summed E-state index contributed by atoms with van der Waals surface area (Å²) in [6.07, 6.45) is 1.98. The number of benzene rings is 2. The number of ether oxygens (including phenoxy) is 1. The molecule has 2 aromatic carbocycles. The molecule has 158 valence electrons. The summed E-state index contributed by atoms with van der Waals surface area (Å²) in [4.78, 5) is 37.6. The second-order valence-corrected chi connectivity index (χ2v) is 7.55. The third kappa shape index (κ3) is 4.76. The molecule has 1 fully saturated rings. The molecule has 0 saturated carbocycles. The van der Waals surface area contributed by atoms with Gasteiger partial charge >= 0.3 is 5.97 Å².